The highest BCUT2D eigenvalue weighted by molar-refractivity contribution is 7.32. The molecule has 1 saturated heterocycles. The summed E-state index contributed by atoms with van der Waals surface area (Å²) >= 11 is 0. The van der Waals surface area contributed by atoms with Crippen molar-refractivity contribution in [1.82, 2.24) is 14.9 Å². The standard InChI is InChI=1S/C25H44N3O9P/c1-2-3-4-5-6-7-10-13-20(30)26-15-11-8-9-12-17-35-23-22(37-38(33)34)19(18-29)36-24(23)28-16-14-21(31)27-25(28)32/h14,16,19,22-24,29,38H,2-13,15,17-18H2,1H3,(H,26,30)(H,33,34)(H,27,31,32)/t19-,22?,23?,24-/m1/s1. The number of carbonyl (C=O) groups excluding carboxylic acids is 1. The van der Waals surface area contributed by atoms with E-state index in [9.17, 15) is 28.9 Å². The van der Waals surface area contributed by atoms with Crippen LogP contribution in [-0.4, -0.2) is 63.5 Å². The van der Waals surface area contributed by atoms with Crippen LogP contribution < -0.4 is 16.6 Å². The van der Waals surface area contributed by atoms with Gasteiger partial charge in [-0.2, -0.15) is 0 Å². The summed E-state index contributed by atoms with van der Waals surface area (Å²) in [5, 5.41) is 12.6. The number of H-pyrrole nitrogens is 1. The summed E-state index contributed by atoms with van der Waals surface area (Å²) in [6, 6.07) is 1.15. The molecule has 1 amide bonds. The highest BCUT2D eigenvalue weighted by atomic mass is 31.1. The maximum Gasteiger partial charge on any atom is 0.330 e. The molecule has 1 aromatic rings. The molecule has 3 unspecified atom stereocenters. The first-order valence-electron chi connectivity index (χ1n) is 13.7. The molecule has 0 saturated carbocycles. The van der Waals surface area contributed by atoms with Gasteiger partial charge in [0.2, 0.25) is 5.91 Å². The predicted octanol–water partition coefficient (Wildman–Crippen LogP) is 2.40. The lowest BCUT2D eigenvalue weighted by Crippen LogP contribution is -2.40. The number of aliphatic hydroxyl groups is 1. The Bertz CT molecular complexity index is 954. The van der Waals surface area contributed by atoms with Gasteiger partial charge in [0.25, 0.3) is 5.56 Å². The molecule has 0 spiro atoms. The Balaban J connectivity index is 1.70. The smallest absolute Gasteiger partial charge is 0.330 e. The third kappa shape index (κ3) is 11.5. The molecular weight excluding hydrogens is 517 g/mol. The molecule has 218 valence electrons. The number of rotatable bonds is 20. The first kappa shape index (κ1) is 32.4. The normalized spacial score (nSPS) is 22.0. The van der Waals surface area contributed by atoms with Crippen LogP contribution >= 0.6 is 8.25 Å². The van der Waals surface area contributed by atoms with Crippen LogP contribution in [0.5, 0.6) is 0 Å². The van der Waals surface area contributed by atoms with E-state index in [0.29, 0.717) is 19.4 Å². The fraction of sp³-hybridized carbons (Fsp3) is 0.800. The summed E-state index contributed by atoms with van der Waals surface area (Å²) in [5.41, 5.74) is -1.32. The fourth-order valence-corrected chi connectivity index (χ4v) is 5.02. The highest BCUT2D eigenvalue weighted by Gasteiger charge is 2.48. The van der Waals surface area contributed by atoms with Gasteiger partial charge in [0, 0.05) is 31.8 Å². The van der Waals surface area contributed by atoms with E-state index < -0.39 is 50.7 Å². The molecule has 12 nitrogen and oxygen atoms in total. The number of hydrogen-bond acceptors (Lipinski definition) is 8. The average Bonchev–Trinajstić information content (AvgIpc) is 3.21. The molecule has 0 aliphatic carbocycles. The van der Waals surface area contributed by atoms with E-state index in [0.717, 1.165) is 42.7 Å². The van der Waals surface area contributed by atoms with Gasteiger partial charge in [0.15, 0.2) is 6.23 Å². The zero-order chi connectivity index (χ0) is 27.8. The van der Waals surface area contributed by atoms with Crippen LogP contribution in [0.1, 0.15) is 90.2 Å². The number of aromatic amines is 1. The first-order chi connectivity index (χ1) is 18.4. The van der Waals surface area contributed by atoms with E-state index >= 15 is 0 Å². The van der Waals surface area contributed by atoms with Gasteiger partial charge in [-0.25, -0.2) is 4.79 Å². The quantitative estimate of drug-likeness (QED) is 0.138. The van der Waals surface area contributed by atoms with Crippen LogP contribution in [0.4, 0.5) is 0 Å². The van der Waals surface area contributed by atoms with E-state index in [1.54, 1.807) is 0 Å². The average molecular weight is 562 g/mol. The number of amides is 1. The van der Waals surface area contributed by atoms with Crippen LogP contribution in [-0.2, 0) is 23.4 Å². The summed E-state index contributed by atoms with van der Waals surface area (Å²) in [6.07, 6.45) is 9.21. The molecule has 0 radical (unpaired) electrons. The number of nitrogens with zero attached hydrogens (tertiary/aromatic N) is 1. The predicted molar refractivity (Wildman–Crippen MR) is 142 cm³/mol. The molecule has 4 N–H and O–H groups in total. The topological polar surface area (TPSA) is 169 Å². The Labute approximate surface area is 224 Å². The molecule has 2 heterocycles. The van der Waals surface area contributed by atoms with Crippen molar-refractivity contribution in [3.63, 3.8) is 0 Å². The fourth-order valence-electron chi connectivity index (χ4n) is 4.50. The summed E-state index contributed by atoms with van der Waals surface area (Å²) in [4.78, 5) is 47.1. The van der Waals surface area contributed by atoms with Crippen LogP contribution in [0.15, 0.2) is 21.9 Å². The molecule has 1 aromatic heterocycles. The number of unbranched alkanes of at least 4 members (excludes halogenated alkanes) is 9. The Morgan fingerprint density at radius 3 is 2.45 bits per heavy atom. The minimum absolute atomic E-state index is 0.0966. The number of nitrogens with one attached hydrogen (secondary N) is 2. The molecular formula is C25H44N3O9P. The summed E-state index contributed by atoms with van der Waals surface area (Å²) in [6.45, 7) is 2.57. The molecule has 0 bridgehead atoms. The Morgan fingerprint density at radius 2 is 1.76 bits per heavy atom. The van der Waals surface area contributed by atoms with Crippen LogP contribution in [0.3, 0.4) is 0 Å². The highest BCUT2D eigenvalue weighted by Crippen LogP contribution is 2.37. The largest absolute Gasteiger partial charge is 0.394 e. The van der Waals surface area contributed by atoms with Crippen molar-refractivity contribution in [2.45, 2.75) is 109 Å². The summed E-state index contributed by atoms with van der Waals surface area (Å²) < 4.78 is 29.2. The molecule has 38 heavy (non-hydrogen) atoms. The third-order valence-electron chi connectivity index (χ3n) is 6.54. The van der Waals surface area contributed by atoms with Crippen molar-refractivity contribution in [2.75, 3.05) is 19.8 Å². The van der Waals surface area contributed by atoms with E-state index in [1.807, 2.05) is 0 Å². The van der Waals surface area contributed by atoms with Crippen LogP contribution in [0.2, 0.25) is 0 Å². The number of hydrogen-bond donors (Lipinski definition) is 4. The van der Waals surface area contributed by atoms with E-state index in [-0.39, 0.29) is 12.5 Å². The minimum atomic E-state index is -3.38. The van der Waals surface area contributed by atoms with Crippen molar-refractivity contribution >= 4 is 14.2 Å². The van der Waals surface area contributed by atoms with Gasteiger partial charge in [0.1, 0.15) is 18.3 Å². The molecule has 2 rings (SSSR count). The van der Waals surface area contributed by atoms with Crippen LogP contribution in [0.25, 0.3) is 0 Å². The minimum Gasteiger partial charge on any atom is -0.394 e. The van der Waals surface area contributed by atoms with Gasteiger partial charge in [0.05, 0.1) is 6.61 Å². The molecule has 5 atom stereocenters. The Morgan fingerprint density at radius 1 is 1.08 bits per heavy atom. The SMILES string of the molecule is CCCCCCCCCC(=O)NCCCCCCOC1C(O[PH](=O)O)[C@@H](CO)O[C@H]1n1ccc(=O)[nH]c1=O. The van der Waals surface area contributed by atoms with Crippen molar-refractivity contribution in [2.24, 2.45) is 0 Å². The number of ether oxygens (including phenoxy) is 2. The van der Waals surface area contributed by atoms with Gasteiger partial charge < -0.3 is 29.3 Å². The second-order valence-electron chi connectivity index (χ2n) is 9.58. The van der Waals surface area contributed by atoms with Gasteiger partial charge in [-0.05, 0) is 19.3 Å². The third-order valence-corrected chi connectivity index (χ3v) is 7.01. The summed E-state index contributed by atoms with van der Waals surface area (Å²) in [7, 11) is -3.38. The maximum absolute atomic E-state index is 12.3. The number of aliphatic hydroxyl groups excluding tert-OH is 1. The second kappa shape index (κ2) is 18.5. The van der Waals surface area contributed by atoms with Gasteiger partial charge in [-0.1, -0.05) is 58.3 Å². The lowest BCUT2D eigenvalue weighted by Gasteiger charge is -2.24. The molecule has 0 aromatic carbocycles. The first-order valence-corrected chi connectivity index (χ1v) is 15.0. The van der Waals surface area contributed by atoms with Gasteiger partial charge in [-0.15, -0.1) is 0 Å². The van der Waals surface area contributed by atoms with Crippen LogP contribution in [0, 0.1) is 0 Å². The lowest BCUT2D eigenvalue weighted by molar-refractivity contribution is -0.121. The summed E-state index contributed by atoms with van der Waals surface area (Å²) in [5.74, 6) is 0.0966. The molecule has 1 aliphatic heterocycles. The van der Waals surface area contributed by atoms with Crippen molar-refractivity contribution in [1.29, 1.82) is 0 Å². The maximum atomic E-state index is 12.3. The van der Waals surface area contributed by atoms with E-state index in [2.05, 4.69) is 17.2 Å². The van der Waals surface area contributed by atoms with Gasteiger partial charge >= 0.3 is 13.9 Å². The van der Waals surface area contributed by atoms with Crippen molar-refractivity contribution < 1.29 is 33.4 Å². The Kier molecular flexibility index (Phi) is 15.7. The molecule has 13 heteroatoms. The Hall–Kier alpha value is -1.82. The second-order valence-corrected chi connectivity index (χ2v) is 10.4. The molecule has 1 aliphatic rings. The zero-order valence-electron chi connectivity index (χ0n) is 22.3. The van der Waals surface area contributed by atoms with Crippen molar-refractivity contribution in [3.8, 4) is 0 Å². The van der Waals surface area contributed by atoms with E-state index in [4.69, 9.17) is 14.0 Å². The molecule has 1 fully saturated rings. The zero-order valence-corrected chi connectivity index (χ0v) is 23.3. The monoisotopic (exact) mass is 561 g/mol. The number of aromatic nitrogens is 2. The number of carbonyl (C=O) groups is 1. The van der Waals surface area contributed by atoms with E-state index in [1.165, 1.54) is 38.3 Å². The van der Waals surface area contributed by atoms with Gasteiger partial charge in [-0.3, -0.25) is 23.7 Å². The lowest BCUT2D eigenvalue weighted by atomic mass is 10.1. The van der Waals surface area contributed by atoms with Crippen molar-refractivity contribution in [3.05, 3.63) is 33.1 Å².